The minimum absolute atomic E-state index is 0.135. The number of hydrogen-bond acceptors (Lipinski definition) is 5. The number of fused-ring (bicyclic) bond motifs is 1. The van der Waals surface area contributed by atoms with Crippen molar-refractivity contribution in [2.24, 2.45) is 5.92 Å². The second kappa shape index (κ2) is 9.22. The first-order chi connectivity index (χ1) is 16.1. The van der Waals surface area contributed by atoms with Gasteiger partial charge >= 0.3 is 0 Å². The van der Waals surface area contributed by atoms with Gasteiger partial charge in [0, 0.05) is 6.07 Å². The van der Waals surface area contributed by atoms with E-state index in [1.165, 1.54) is 31.0 Å². The molecule has 2 heterocycles. The van der Waals surface area contributed by atoms with Crippen LogP contribution in [0.5, 0.6) is 23.2 Å². The van der Waals surface area contributed by atoms with Gasteiger partial charge in [-0.2, -0.15) is 0 Å². The molecule has 1 aliphatic heterocycles. The van der Waals surface area contributed by atoms with Crippen LogP contribution in [0.2, 0.25) is 19.1 Å². The van der Waals surface area contributed by atoms with Gasteiger partial charge in [-0.1, -0.05) is 44.3 Å². The van der Waals surface area contributed by atoms with Gasteiger partial charge in [0.1, 0.15) is 22.9 Å². The maximum Gasteiger partial charge on any atom is 0.291 e. The molecule has 0 fully saturated rings. The molecule has 1 atom stereocenters. The molecule has 0 radical (unpaired) electrons. The van der Waals surface area contributed by atoms with E-state index in [-0.39, 0.29) is 11.7 Å². The number of nitrogens with one attached hydrogen (secondary N) is 1. The van der Waals surface area contributed by atoms with Crippen LogP contribution in [-0.4, -0.2) is 28.2 Å². The summed E-state index contributed by atoms with van der Waals surface area (Å²) in [5.74, 6) is 2.88. The molecule has 180 valence electrons. The fourth-order valence-electron chi connectivity index (χ4n) is 4.83. The normalized spacial score (nSPS) is 16.3. The highest BCUT2D eigenvalue weighted by Crippen LogP contribution is 2.42. The summed E-state index contributed by atoms with van der Waals surface area (Å²) in [5, 5.41) is 4.34. The minimum Gasteiger partial charge on any atom is -0.494 e. The number of anilines is 1. The van der Waals surface area contributed by atoms with Crippen LogP contribution in [0.25, 0.3) is 0 Å². The number of hydrogen-bond donors (Lipinski definition) is 1. The summed E-state index contributed by atoms with van der Waals surface area (Å²) in [6.45, 7) is 11.5. The van der Waals surface area contributed by atoms with E-state index in [4.69, 9.17) is 18.6 Å². The van der Waals surface area contributed by atoms with E-state index >= 15 is 0 Å². The van der Waals surface area contributed by atoms with Crippen LogP contribution in [0.15, 0.2) is 46.9 Å². The Labute approximate surface area is 202 Å². The molecule has 6 nitrogen and oxygen atoms in total. The second-order valence-corrected chi connectivity index (χ2v) is 14.6. The molecular formula is C27H33NO5Si. The fourth-order valence-corrected chi connectivity index (χ4v) is 8.48. The van der Waals surface area contributed by atoms with Crippen molar-refractivity contribution in [3.63, 3.8) is 0 Å². The van der Waals surface area contributed by atoms with Crippen LogP contribution in [0.3, 0.4) is 0 Å². The zero-order valence-electron chi connectivity index (χ0n) is 20.9. The van der Waals surface area contributed by atoms with Crippen molar-refractivity contribution >= 4 is 24.9 Å². The summed E-state index contributed by atoms with van der Waals surface area (Å²) in [6, 6.07) is 14.3. The van der Waals surface area contributed by atoms with Gasteiger partial charge in [-0.3, -0.25) is 4.79 Å². The number of amides is 1. The highest BCUT2D eigenvalue weighted by atomic mass is 28.3. The van der Waals surface area contributed by atoms with Gasteiger partial charge in [0.2, 0.25) is 0 Å². The predicted molar refractivity (Wildman–Crippen MR) is 137 cm³/mol. The Kier molecular flexibility index (Phi) is 6.49. The van der Waals surface area contributed by atoms with E-state index in [0.717, 1.165) is 11.3 Å². The summed E-state index contributed by atoms with van der Waals surface area (Å²) in [4.78, 5) is 12.9. The lowest BCUT2D eigenvalue weighted by molar-refractivity contribution is 0.0991. The molecule has 1 unspecified atom stereocenters. The molecule has 3 aromatic rings. The minimum atomic E-state index is -1.45. The fraction of sp³-hybridized carbons (Fsp3) is 0.370. The number of aryl methyl sites for hydroxylation is 1. The van der Waals surface area contributed by atoms with Crippen LogP contribution in [0.1, 0.15) is 41.4 Å². The highest BCUT2D eigenvalue weighted by Gasteiger charge is 2.40. The SMILES string of the molecule is COc1cccc(OC)c1NC(=O)c1ccc(Oc2cc3c(cc2C)[Si](C)(C)CC3C(C)C)o1. The van der Waals surface area contributed by atoms with Crippen LogP contribution in [-0.2, 0) is 0 Å². The quantitative estimate of drug-likeness (QED) is 0.402. The van der Waals surface area contributed by atoms with Crippen molar-refractivity contribution in [2.45, 2.75) is 45.8 Å². The van der Waals surface area contributed by atoms with E-state index in [2.05, 4.69) is 51.3 Å². The standard InChI is InChI=1S/C27H33NO5Si/c1-16(2)19-15-34(6,7)24-13-17(3)23(14-18(19)24)33-25-12-11-22(32-25)27(29)28-26-20(30-4)9-8-10-21(26)31-5/h8-14,16,19H,15H2,1-7H3,(H,28,29). The lowest BCUT2D eigenvalue weighted by atomic mass is 9.90. The Hall–Kier alpha value is -3.19. The van der Waals surface area contributed by atoms with Gasteiger partial charge in [-0.25, -0.2) is 0 Å². The largest absolute Gasteiger partial charge is 0.494 e. The first-order valence-electron chi connectivity index (χ1n) is 11.6. The summed E-state index contributed by atoms with van der Waals surface area (Å²) in [5.41, 5.74) is 2.92. The van der Waals surface area contributed by atoms with E-state index in [1.807, 2.05) is 0 Å². The van der Waals surface area contributed by atoms with Gasteiger partial charge in [0.15, 0.2) is 5.76 Å². The van der Waals surface area contributed by atoms with Crippen molar-refractivity contribution in [3.05, 3.63) is 59.4 Å². The molecular weight excluding hydrogens is 446 g/mol. The molecule has 1 aliphatic rings. The van der Waals surface area contributed by atoms with E-state index in [0.29, 0.717) is 29.0 Å². The first kappa shape index (κ1) is 23.9. The second-order valence-electron chi connectivity index (χ2n) is 9.86. The Morgan fingerprint density at radius 3 is 2.35 bits per heavy atom. The molecule has 0 aliphatic carbocycles. The Balaban J connectivity index is 1.57. The van der Waals surface area contributed by atoms with Gasteiger partial charge in [-0.15, -0.1) is 0 Å². The summed E-state index contributed by atoms with van der Waals surface area (Å²) >= 11 is 0. The number of ether oxygens (including phenoxy) is 3. The van der Waals surface area contributed by atoms with Crippen LogP contribution >= 0.6 is 0 Å². The Bertz CT molecular complexity index is 1190. The molecule has 7 heteroatoms. The Morgan fingerprint density at radius 1 is 1.06 bits per heavy atom. The van der Waals surface area contributed by atoms with E-state index < -0.39 is 14.0 Å². The van der Waals surface area contributed by atoms with Gasteiger partial charge in [-0.05, 0) is 60.2 Å². The van der Waals surface area contributed by atoms with Crippen molar-refractivity contribution < 1.29 is 23.4 Å². The number of furan rings is 1. The zero-order chi connectivity index (χ0) is 24.6. The number of rotatable bonds is 7. The van der Waals surface area contributed by atoms with Crippen molar-refractivity contribution in [1.29, 1.82) is 0 Å². The van der Waals surface area contributed by atoms with Gasteiger partial charge in [0.25, 0.3) is 11.9 Å². The molecule has 1 N–H and O–H groups in total. The predicted octanol–water partition coefficient (Wildman–Crippen LogP) is 6.32. The average molecular weight is 480 g/mol. The van der Waals surface area contributed by atoms with Crippen LogP contribution in [0.4, 0.5) is 5.69 Å². The maximum atomic E-state index is 12.9. The maximum absolute atomic E-state index is 12.9. The highest BCUT2D eigenvalue weighted by molar-refractivity contribution is 6.91. The molecule has 0 saturated carbocycles. The Morgan fingerprint density at radius 2 is 1.74 bits per heavy atom. The summed E-state index contributed by atoms with van der Waals surface area (Å²) in [7, 11) is 1.63. The zero-order valence-corrected chi connectivity index (χ0v) is 21.9. The van der Waals surface area contributed by atoms with Gasteiger partial charge in [0.05, 0.1) is 22.3 Å². The number of carbonyl (C=O) groups excluding carboxylic acids is 1. The lowest BCUT2D eigenvalue weighted by Crippen LogP contribution is -2.37. The van der Waals surface area contributed by atoms with Crippen molar-refractivity contribution in [3.8, 4) is 23.2 Å². The third-order valence-corrected chi connectivity index (χ3v) is 10.0. The van der Waals surface area contributed by atoms with Crippen molar-refractivity contribution in [1.82, 2.24) is 0 Å². The number of benzene rings is 2. The third-order valence-electron chi connectivity index (χ3n) is 6.69. The summed E-state index contributed by atoms with van der Waals surface area (Å²) in [6.07, 6.45) is 0. The molecule has 0 spiro atoms. The monoisotopic (exact) mass is 479 g/mol. The molecule has 1 amide bonds. The lowest BCUT2D eigenvalue weighted by Gasteiger charge is -2.18. The number of carbonyl (C=O) groups is 1. The molecule has 4 rings (SSSR count). The van der Waals surface area contributed by atoms with Crippen LogP contribution < -0.4 is 24.7 Å². The molecule has 0 bridgehead atoms. The smallest absolute Gasteiger partial charge is 0.291 e. The molecule has 0 saturated heterocycles. The van der Waals surface area contributed by atoms with Crippen LogP contribution in [0, 0.1) is 12.8 Å². The molecule has 34 heavy (non-hydrogen) atoms. The van der Waals surface area contributed by atoms with Crippen molar-refractivity contribution in [2.75, 3.05) is 19.5 Å². The van der Waals surface area contributed by atoms with E-state index in [1.54, 1.807) is 30.3 Å². The van der Waals surface area contributed by atoms with E-state index in [9.17, 15) is 4.79 Å². The first-order valence-corrected chi connectivity index (χ1v) is 14.8. The molecule has 2 aromatic carbocycles. The molecule has 1 aromatic heterocycles. The topological polar surface area (TPSA) is 69.9 Å². The number of methoxy groups -OCH3 is 2. The number of para-hydroxylation sites is 1. The average Bonchev–Trinajstić information content (AvgIpc) is 3.36. The van der Waals surface area contributed by atoms with Gasteiger partial charge < -0.3 is 23.9 Å². The summed E-state index contributed by atoms with van der Waals surface area (Å²) < 4.78 is 22.6. The third kappa shape index (κ3) is 4.44.